The molecule has 0 saturated heterocycles. The number of carboxylic acid groups (broad SMARTS) is 1. The Kier molecular flexibility index (Phi) is 5.87. The van der Waals surface area contributed by atoms with Crippen molar-refractivity contribution in [2.75, 3.05) is 0 Å². The second-order valence-electron chi connectivity index (χ2n) is 5.34. The Morgan fingerprint density at radius 1 is 1.23 bits per heavy atom. The minimum Gasteiger partial charge on any atom is -0.480 e. The number of aliphatic carboxylic acids is 1. The zero-order valence-corrected chi connectivity index (χ0v) is 14.6. The van der Waals surface area contributed by atoms with Crippen molar-refractivity contribution in [2.45, 2.75) is 26.4 Å². The number of nitrogens with one attached hydrogen (secondary N) is 1. The molecule has 1 aromatic carbocycles. The Balaban J connectivity index is 2.08. The average molecular weight is 358 g/mol. The molecular weight excluding hydrogens is 341 g/mol. The second-order valence-corrected chi connectivity index (χ2v) is 7.32. The van der Waals surface area contributed by atoms with Crippen LogP contribution in [0.15, 0.2) is 30.3 Å². The molecule has 2 aromatic rings. The summed E-state index contributed by atoms with van der Waals surface area (Å²) in [5.41, 5.74) is 1.00. The Hall–Kier alpha value is -1.07. The number of thiophene rings is 1. The van der Waals surface area contributed by atoms with Gasteiger partial charge in [-0.2, -0.15) is 0 Å². The summed E-state index contributed by atoms with van der Waals surface area (Å²) in [6, 6.07) is 8.99. The summed E-state index contributed by atoms with van der Waals surface area (Å²) < 4.78 is 0. The quantitative estimate of drug-likeness (QED) is 0.771. The molecule has 0 unspecified atom stereocenters. The van der Waals surface area contributed by atoms with Crippen molar-refractivity contribution in [1.82, 2.24) is 5.32 Å². The van der Waals surface area contributed by atoms with Gasteiger partial charge in [-0.15, -0.1) is 11.3 Å². The molecule has 0 bridgehead atoms. The van der Waals surface area contributed by atoms with Crippen molar-refractivity contribution in [3.8, 4) is 10.4 Å². The fraction of sp³-hybridized carbons (Fsp3) is 0.312. The molecule has 1 heterocycles. The molecule has 0 aliphatic rings. The summed E-state index contributed by atoms with van der Waals surface area (Å²) in [6.45, 7) is 4.31. The van der Waals surface area contributed by atoms with Crippen LogP contribution in [0.5, 0.6) is 0 Å². The first-order valence-corrected chi connectivity index (χ1v) is 8.46. The molecule has 118 valence electrons. The first kappa shape index (κ1) is 17.3. The average Bonchev–Trinajstić information content (AvgIpc) is 2.90. The van der Waals surface area contributed by atoms with E-state index < -0.39 is 12.0 Å². The van der Waals surface area contributed by atoms with E-state index in [1.165, 1.54) is 0 Å². The lowest BCUT2D eigenvalue weighted by atomic mass is 10.1. The summed E-state index contributed by atoms with van der Waals surface area (Å²) in [7, 11) is 0. The summed E-state index contributed by atoms with van der Waals surface area (Å²) in [4.78, 5) is 13.3. The Labute approximate surface area is 143 Å². The molecule has 1 aromatic heterocycles. The number of hydrogen-bond donors (Lipinski definition) is 2. The molecule has 6 heteroatoms. The maximum absolute atomic E-state index is 11.2. The van der Waals surface area contributed by atoms with Gasteiger partial charge in [0.2, 0.25) is 0 Å². The third-order valence-corrected chi connectivity index (χ3v) is 5.17. The van der Waals surface area contributed by atoms with Gasteiger partial charge in [0.05, 0.1) is 10.0 Å². The monoisotopic (exact) mass is 357 g/mol. The van der Waals surface area contributed by atoms with Crippen molar-refractivity contribution >= 4 is 40.5 Å². The molecule has 0 aliphatic heterocycles. The largest absolute Gasteiger partial charge is 0.480 e. The fourth-order valence-corrected chi connectivity index (χ4v) is 3.35. The Bertz CT molecular complexity index is 670. The van der Waals surface area contributed by atoms with E-state index >= 15 is 0 Å². The van der Waals surface area contributed by atoms with Gasteiger partial charge >= 0.3 is 5.97 Å². The Morgan fingerprint density at radius 3 is 2.55 bits per heavy atom. The normalized spacial score (nSPS) is 12.6. The lowest BCUT2D eigenvalue weighted by molar-refractivity contribution is -0.140. The molecule has 0 saturated carbocycles. The van der Waals surface area contributed by atoms with Crippen LogP contribution in [0.25, 0.3) is 10.4 Å². The van der Waals surface area contributed by atoms with Gasteiger partial charge in [0, 0.05) is 16.3 Å². The number of carbonyl (C=O) groups is 1. The van der Waals surface area contributed by atoms with E-state index in [1.54, 1.807) is 17.4 Å². The highest BCUT2D eigenvalue weighted by molar-refractivity contribution is 7.15. The van der Waals surface area contributed by atoms with Crippen molar-refractivity contribution in [1.29, 1.82) is 0 Å². The van der Waals surface area contributed by atoms with Crippen LogP contribution in [0, 0.1) is 5.92 Å². The van der Waals surface area contributed by atoms with E-state index in [4.69, 9.17) is 23.2 Å². The van der Waals surface area contributed by atoms with Crippen LogP contribution in [0.2, 0.25) is 10.0 Å². The predicted octanol–water partition coefficient (Wildman–Crippen LogP) is 4.92. The van der Waals surface area contributed by atoms with E-state index in [-0.39, 0.29) is 5.92 Å². The predicted molar refractivity (Wildman–Crippen MR) is 92.9 cm³/mol. The fourth-order valence-electron chi connectivity index (χ4n) is 2.10. The molecule has 0 fully saturated rings. The van der Waals surface area contributed by atoms with Gasteiger partial charge in [-0.1, -0.05) is 43.1 Å². The van der Waals surface area contributed by atoms with Crippen molar-refractivity contribution in [3.05, 3.63) is 45.3 Å². The first-order chi connectivity index (χ1) is 10.4. The molecule has 2 rings (SSSR count). The van der Waals surface area contributed by atoms with Crippen LogP contribution in [-0.4, -0.2) is 17.1 Å². The summed E-state index contributed by atoms with van der Waals surface area (Å²) >= 11 is 13.6. The summed E-state index contributed by atoms with van der Waals surface area (Å²) in [6.07, 6.45) is 0. The maximum atomic E-state index is 11.2. The van der Waals surface area contributed by atoms with Gasteiger partial charge in [0.1, 0.15) is 6.04 Å². The van der Waals surface area contributed by atoms with E-state index in [0.717, 1.165) is 15.3 Å². The van der Waals surface area contributed by atoms with Gasteiger partial charge < -0.3 is 5.11 Å². The lowest BCUT2D eigenvalue weighted by Crippen LogP contribution is -2.40. The van der Waals surface area contributed by atoms with E-state index in [9.17, 15) is 9.90 Å². The van der Waals surface area contributed by atoms with Gasteiger partial charge in [-0.05, 0) is 35.7 Å². The van der Waals surface area contributed by atoms with Crippen molar-refractivity contribution < 1.29 is 9.90 Å². The standard InChI is InChI=1S/C16H17Cl2NO2S/c1-9(2)15(16(20)21)19-8-11-4-6-14(22-11)10-3-5-12(17)13(18)7-10/h3-7,9,15,19H,8H2,1-2H3,(H,20,21)/t15-/m1/s1. The van der Waals surface area contributed by atoms with Crippen LogP contribution in [0.4, 0.5) is 0 Å². The molecule has 1 atom stereocenters. The molecule has 0 amide bonds. The zero-order valence-electron chi connectivity index (χ0n) is 12.3. The van der Waals surface area contributed by atoms with Crippen molar-refractivity contribution in [3.63, 3.8) is 0 Å². The highest BCUT2D eigenvalue weighted by Crippen LogP contribution is 2.32. The number of benzene rings is 1. The Morgan fingerprint density at radius 2 is 1.95 bits per heavy atom. The first-order valence-electron chi connectivity index (χ1n) is 6.89. The molecule has 2 N–H and O–H groups in total. The molecular formula is C16H17Cl2NO2S. The third kappa shape index (κ3) is 4.23. The SMILES string of the molecule is CC(C)[C@@H](NCc1ccc(-c2ccc(Cl)c(Cl)c2)s1)C(=O)O. The zero-order chi connectivity index (χ0) is 16.3. The number of carboxylic acids is 1. The summed E-state index contributed by atoms with van der Waals surface area (Å²) in [5, 5.41) is 13.3. The maximum Gasteiger partial charge on any atom is 0.320 e. The highest BCUT2D eigenvalue weighted by Gasteiger charge is 2.20. The topological polar surface area (TPSA) is 49.3 Å². The lowest BCUT2D eigenvalue weighted by Gasteiger charge is -2.17. The molecule has 0 aliphatic carbocycles. The minimum atomic E-state index is -0.823. The molecule has 22 heavy (non-hydrogen) atoms. The van der Waals surface area contributed by atoms with Crippen LogP contribution in [0.1, 0.15) is 18.7 Å². The van der Waals surface area contributed by atoms with Gasteiger partial charge in [-0.25, -0.2) is 0 Å². The van der Waals surface area contributed by atoms with Gasteiger partial charge in [-0.3, -0.25) is 10.1 Å². The minimum absolute atomic E-state index is 0.0343. The van der Waals surface area contributed by atoms with Crippen LogP contribution >= 0.6 is 34.5 Å². The van der Waals surface area contributed by atoms with Crippen LogP contribution in [-0.2, 0) is 11.3 Å². The number of rotatable bonds is 6. The van der Waals surface area contributed by atoms with E-state index in [0.29, 0.717) is 16.6 Å². The van der Waals surface area contributed by atoms with Crippen LogP contribution < -0.4 is 5.32 Å². The van der Waals surface area contributed by atoms with E-state index in [1.807, 2.05) is 38.1 Å². The van der Waals surface area contributed by atoms with Gasteiger partial charge in [0.15, 0.2) is 0 Å². The molecule has 3 nitrogen and oxygen atoms in total. The highest BCUT2D eigenvalue weighted by atomic mass is 35.5. The second kappa shape index (κ2) is 7.47. The van der Waals surface area contributed by atoms with Crippen molar-refractivity contribution in [2.24, 2.45) is 5.92 Å². The van der Waals surface area contributed by atoms with Gasteiger partial charge in [0.25, 0.3) is 0 Å². The number of halogens is 2. The third-order valence-electron chi connectivity index (χ3n) is 3.29. The summed E-state index contributed by atoms with van der Waals surface area (Å²) in [5.74, 6) is -0.789. The molecule has 0 radical (unpaired) electrons. The molecule has 0 spiro atoms. The smallest absolute Gasteiger partial charge is 0.320 e. The van der Waals surface area contributed by atoms with E-state index in [2.05, 4.69) is 5.32 Å². The number of hydrogen-bond acceptors (Lipinski definition) is 3. The van der Waals surface area contributed by atoms with Crippen LogP contribution in [0.3, 0.4) is 0 Å².